The van der Waals surface area contributed by atoms with E-state index in [2.05, 4.69) is 20.8 Å². The van der Waals surface area contributed by atoms with Crippen LogP contribution >= 0.6 is 11.8 Å². The fraction of sp³-hybridized carbons (Fsp3) is 0.375. The van der Waals surface area contributed by atoms with Gasteiger partial charge < -0.3 is 15.4 Å². The number of nitrogens with one attached hydrogen (secondary N) is 2. The van der Waals surface area contributed by atoms with E-state index >= 15 is 0 Å². The van der Waals surface area contributed by atoms with Crippen molar-refractivity contribution in [3.63, 3.8) is 0 Å². The average Bonchev–Trinajstić information content (AvgIpc) is 3.08. The molecule has 1 aromatic heterocycles. The molecule has 0 bridgehead atoms. The monoisotopic (exact) mass is 363 g/mol. The first-order valence-corrected chi connectivity index (χ1v) is 8.78. The summed E-state index contributed by atoms with van der Waals surface area (Å²) in [4.78, 5) is 23.7. The number of likely N-dealkylation sites (N-methyl/N-ethyl adjacent to an activating group) is 1. The van der Waals surface area contributed by atoms with E-state index < -0.39 is 6.04 Å². The Morgan fingerprint density at radius 1 is 1.40 bits per heavy atom. The molecule has 0 saturated carbocycles. The van der Waals surface area contributed by atoms with Crippen molar-refractivity contribution in [2.45, 2.75) is 25.0 Å². The molecule has 1 heterocycles. The van der Waals surface area contributed by atoms with Crippen LogP contribution in [0.25, 0.3) is 5.69 Å². The van der Waals surface area contributed by atoms with Gasteiger partial charge in [-0.15, -0.1) is 10.2 Å². The Morgan fingerprint density at radius 3 is 2.92 bits per heavy atom. The lowest BCUT2D eigenvalue weighted by Crippen LogP contribution is -2.45. The fourth-order valence-electron chi connectivity index (χ4n) is 2.07. The van der Waals surface area contributed by atoms with Gasteiger partial charge in [0.1, 0.15) is 18.1 Å². The molecule has 0 fully saturated rings. The topological polar surface area (TPSA) is 98.1 Å². The van der Waals surface area contributed by atoms with Crippen LogP contribution in [0.3, 0.4) is 0 Å². The second-order valence-corrected chi connectivity index (χ2v) is 6.10. The molecule has 2 N–H and O–H groups in total. The predicted molar refractivity (Wildman–Crippen MR) is 94.9 cm³/mol. The molecule has 0 aliphatic rings. The van der Waals surface area contributed by atoms with E-state index in [1.807, 2.05) is 31.2 Å². The lowest BCUT2D eigenvalue weighted by Gasteiger charge is -2.13. The van der Waals surface area contributed by atoms with E-state index in [1.54, 1.807) is 24.9 Å². The molecule has 0 saturated heterocycles. The number of aromatic nitrogens is 3. The van der Waals surface area contributed by atoms with Crippen molar-refractivity contribution >= 4 is 23.6 Å². The summed E-state index contributed by atoms with van der Waals surface area (Å²) in [6.45, 7) is 4.00. The molecule has 9 heteroatoms. The highest BCUT2D eigenvalue weighted by molar-refractivity contribution is 7.99. The van der Waals surface area contributed by atoms with Crippen molar-refractivity contribution in [1.82, 2.24) is 25.4 Å². The Balaban J connectivity index is 1.97. The molecule has 0 unspecified atom stereocenters. The third kappa shape index (κ3) is 5.21. The van der Waals surface area contributed by atoms with Gasteiger partial charge in [0.2, 0.25) is 11.8 Å². The number of benzene rings is 1. The van der Waals surface area contributed by atoms with Gasteiger partial charge in [-0.3, -0.25) is 14.2 Å². The van der Waals surface area contributed by atoms with Gasteiger partial charge in [0, 0.05) is 12.6 Å². The number of hydrogen-bond donors (Lipinski definition) is 2. The number of carbonyl (C=O) groups excluding carboxylic acids is 2. The molecule has 2 aromatic rings. The van der Waals surface area contributed by atoms with Crippen LogP contribution in [0.1, 0.15) is 13.8 Å². The molecular weight excluding hydrogens is 342 g/mol. The molecule has 0 spiro atoms. The Hall–Kier alpha value is -2.55. The molecular formula is C16H21N5O3S. The zero-order valence-electron chi connectivity index (χ0n) is 14.4. The lowest BCUT2D eigenvalue weighted by atomic mass is 10.3. The van der Waals surface area contributed by atoms with E-state index in [9.17, 15) is 9.59 Å². The number of hydrogen-bond acceptors (Lipinski definition) is 6. The van der Waals surface area contributed by atoms with Crippen molar-refractivity contribution in [3.8, 4) is 11.4 Å². The number of carbonyl (C=O) groups is 2. The van der Waals surface area contributed by atoms with Crippen LogP contribution in [0, 0.1) is 0 Å². The van der Waals surface area contributed by atoms with Gasteiger partial charge in [-0.1, -0.05) is 17.8 Å². The summed E-state index contributed by atoms with van der Waals surface area (Å²) >= 11 is 1.24. The molecule has 2 amide bonds. The van der Waals surface area contributed by atoms with E-state index in [4.69, 9.17) is 4.74 Å². The highest BCUT2D eigenvalue weighted by Gasteiger charge is 2.16. The van der Waals surface area contributed by atoms with E-state index in [-0.39, 0.29) is 17.6 Å². The van der Waals surface area contributed by atoms with Gasteiger partial charge in [0.05, 0.1) is 18.6 Å². The number of nitrogens with zero attached hydrogens (tertiary/aromatic N) is 3. The van der Waals surface area contributed by atoms with Crippen LogP contribution in [-0.4, -0.2) is 52.0 Å². The van der Waals surface area contributed by atoms with E-state index in [0.29, 0.717) is 11.7 Å². The normalized spacial score (nSPS) is 11.6. The van der Waals surface area contributed by atoms with Gasteiger partial charge in [-0.25, -0.2) is 0 Å². The Labute approximate surface area is 150 Å². The van der Waals surface area contributed by atoms with Gasteiger partial charge in [-0.2, -0.15) is 0 Å². The minimum Gasteiger partial charge on any atom is -0.497 e. The minimum absolute atomic E-state index is 0.131. The zero-order valence-corrected chi connectivity index (χ0v) is 15.2. The third-order valence-corrected chi connectivity index (χ3v) is 4.25. The minimum atomic E-state index is -0.579. The number of ether oxygens (including phenoxy) is 1. The summed E-state index contributed by atoms with van der Waals surface area (Å²) in [6, 6.07) is 6.88. The molecule has 134 valence electrons. The predicted octanol–water partition coefficient (Wildman–Crippen LogP) is 1.01. The van der Waals surface area contributed by atoms with Crippen LogP contribution in [0.5, 0.6) is 5.75 Å². The number of rotatable bonds is 8. The van der Waals surface area contributed by atoms with Gasteiger partial charge in [0.25, 0.3) is 0 Å². The first-order chi connectivity index (χ1) is 12.0. The maximum Gasteiger partial charge on any atom is 0.242 e. The second-order valence-electron chi connectivity index (χ2n) is 5.16. The second kappa shape index (κ2) is 9.07. The Morgan fingerprint density at radius 2 is 2.20 bits per heavy atom. The highest BCUT2D eigenvalue weighted by atomic mass is 32.2. The van der Waals surface area contributed by atoms with Crippen LogP contribution in [0.4, 0.5) is 0 Å². The molecule has 2 rings (SSSR count). The first-order valence-electron chi connectivity index (χ1n) is 7.79. The van der Waals surface area contributed by atoms with Gasteiger partial charge >= 0.3 is 0 Å². The van der Waals surface area contributed by atoms with Crippen molar-refractivity contribution in [1.29, 1.82) is 0 Å². The molecule has 1 aromatic carbocycles. The maximum absolute atomic E-state index is 12.0. The molecule has 0 radical (unpaired) electrons. The summed E-state index contributed by atoms with van der Waals surface area (Å²) in [6.07, 6.45) is 1.58. The summed E-state index contributed by atoms with van der Waals surface area (Å²) < 4.78 is 6.99. The SMILES string of the molecule is CCNC(=O)[C@@H](C)NC(=O)CSc1nncn1-c1cccc(OC)c1. The van der Waals surface area contributed by atoms with Crippen LogP contribution in [-0.2, 0) is 9.59 Å². The Bertz CT molecular complexity index is 734. The molecule has 1 atom stereocenters. The molecule has 0 aliphatic carbocycles. The van der Waals surface area contributed by atoms with Crippen LogP contribution in [0.2, 0.25) is 0 Å². The van der Waals surface area contributed by atoms with Crippen molar-refractivity contribution < 1.29 is 14.3 Å². The Kier molecular flexibility index (Phi) is 6.81. The van der Waals surface area contributed by atoms with Crippen LogP contribution < -0.4 is 15.4 Å². The first kappa shape index (κ1) is 18.8. The third-order valence-electron chi connectivity index (χ3n) is 3.30. The van der Waals surface area contributed by atoms with Gasteiger partial charge in [-0.05, 0) is 26.0 Å². The number of methoxy groups -OCH3 is 1. The van der Waals surface area contributed by atoms with Crippen LogP contribution in [0.15, 0.2) is 35.7 Å². The maximum atomic E-state index is 12.0. The summed E-state index contributed by atoms with van der Waals surface area (Å²) in [7, 11) is 1.60. The summed E-state index contributed by atoms with van der Waals surface area (Å²) in [5, 5.41) is 13.8. The van der Waals surface area contributed by atoms with Gasteiger partial charge in [0.15, 0.2) is 5.16 Å². The molecule has 25 heavy (non-hydrogen) atoms. The summed E-state index contributed by atoms with van der Waals surface area (Å²) in [5.41, 5.74) is 0.836. The highest BCUT2D eigenvalue weighted by Crippen LogP contribution is 2.22. The van der Waals surface area contributed by atoms with Crippen molar-refractivity contribution in [2.24, 2.45) is 0 Å². The smallest absolute Gasteiger partial charge is 0.242 e. The summed E-state index contributed by atoms with van der Waals surface area (Å²) in [5.74, 6) is 0.395. The van der Waals surface area contributed by atoms with Crippen molar-refractivity contribution in [2.75, 3.05) is 19.4 Å². The van der Waals surface area contributed by atoms with E-state index in [0.717, 1.165) is 11.4 Å². The number of thioether (sulfide) groups is 1. The fourth-order valence-corrected chi connectivity index (χ4v) is 2.81. The van der Waals surface area contributed by atoms with Crippen molar-refractivity contribution in [3.05, 3.63) is 30.6 Å². The lowest BCUT2D eigenvalue weighted by molar-refractivity contribution is -0.127. The number of amides is 2. The van der Waals surface area contributed by atoms with E-state index in [1.165, 1.54) is 11.8 Å². The molecule has 8 nitrogen and oxygen atoms in total. The quantitative estimate of drug-likeness (QED) is 0.679. The average molecular weight is 363 g/mol. The standard InChI is InChI=1S/C16H21N5O3S/c1-4-17-15(23)11(2)19-14(22)9-25-16-20-18-10-21(16)12-6-5-7-13(8-12)24-3/h5-8,10-11H,4,9H2,1-3H3,(H,17,23)(H,19,22)/t11-/m1/s1. The molecule has 0 aliphatic heterocycles. The zero-order chi connectivity index (χ0) is 18.2. The largest absolute Gasteiger partial charge is 0.497 e.